The molecule has 1 aromatic heterocycles. The van der Waals surface area contributed by atoms with E-state index in [1.165, 1.54) is 0 Å². The van der Waals surface area contributed by atoms with Crippen LogP contribution < -0.4 is 20.1 Å². The van der Waals surface area contributed by atoms with Crippen LogP contribution in [0, 0.1) is 5.92 Å². The minimum Gasteiger partial charge on any atom is -0.486 e. The zero-order chi connectivity index (χ0) is 21.1. The summed E-state index contributed by atoms with van der Waals surface area (Å²) in [5.74, 6) is 1.33. The third-order valence-corrected chi connectivity index (χ3v) is 4.59. The predicted molar refractivity (Wildman–Crippen MR) is 112 cm³/mol. The normalized spacial score (nSPS) is 12.5. The molecule has 30 heavy (non-hydrogen) atoms. The lowest BCUT2D eigenvalue weighted by atomic mass is 10.2. The minimum absolute atomic E-state index is 0.0913. The molecule has 2 aromatic carbocycles. The number of nitrogens with one attached hydrogen (secondary N) is 2. The number of imidazole rings is 1. The van der Waals surface area contributed by atoms with Crippen LogP contribution in [0.25, 0.3) is 5.69 Å². The molecule has 0 radical (unpaired) electrons. The summed E-state index contributed by atoms with van der Waals surface area (Å²) in [6.07, 6.45) is 3.34. The summed E-state index contributed by atoms with van der Waals surface area (Å²) >= 11 is 0. The maximum Gasteiger partial charge on any atom is 0.255 e. The third kappa shape index (κ3) is 4.27. The summed E-state index contributed by atoms with van der Waals surface area (Å²) < 4.78 is 12.8. The second-order valence-electron chi connectivity index (χ2n) is 7.17. The Balaban J connectivity index is 1.43. The highest BCUT2D eigenvalue weighted by molar-refractivity contribution is 6.04. The summed E-state index contributed by atoms with van der Waals surface area (Å²) in [6, 6.07) is 12.4. The molecule has 1 aliphatic rings. The Morgan fingerprint density at radius 3 is 2.47 bits per heavy atom. The lowest BCUT2D eigenvalue weighted by molar-refractivity contribution is -0.118. The molecular weight excluding hydrogens is 384 g/mol. The molecule has 0 bridgehead atoms. The van der Waals surface area contributed by atoms with Crippen molar-refractivity contribution < 1.29 is 19.1 Å². The van der Waals surface area contributed by atoms with Crippen LogP contribution in [0.2, 0.25) is 0 Å². The number of carbonyl (C=O) groups is 2. The van der Waals surface area contributed by atoms with Crippen molar-refractivity contribution in [1.82, 2.24) is 9.55 Å². The predicted octanol–water partition coefficient (Wildman–Crippen LogP) is 3.49. The Bertz CT molecular complexity index is 1070. The standard InChI is InChI=1S/C22H22N4O4/c1-14(2)21(27)25-20-12-26(13-23-20)17-6-3-15(4-7-17)22(28)24-16-5-8-18-19(11-16)30-10-9-29-18/h3-8,11-14H,9-10H2,1-2H3,(H,24,28)(H,25,27). The first kappa shape index (κ1) is 19.5. The number of anilines is 2. The average molecular weight is 406 g/mol. The first-order valence-corrected chi connectivity index (χ1v) is 9.66. The highest BCUT2D eigenvalue weighted by Crippen LogP contribution is 2.32. The monoisotopic (exact) mass is 406 g/mol. The van der Waals surface area contributed by atoms with Gasteiger partial charge in [-0.15, -0.1) is 0 Å². The van der Waals surface area contributed by atoms with Gasteiger partial charge >= 0.3 is 0 Å². The van der Waals surface area contributed by atoms with Crippen molar-refractivity contribution in [2.75, 3.05) is 23.8 Å². The third-order valence-electron chi connectivity index (χ3n) is 4.59. The van der Waals surface area contributed by atoms with E-state index in [0.29, 0.717) is 41.8 Å². The SMILES string of the molecule is CC(C)C(=O)Nc1cn(-c2ccc(C(=O)Nc3ccc4c(c3)OCCO4)cc2)cn1. The molecular formula is C22H22N4O4. The van der Waals surface area contributed by atoms with Gasteiger partial charge in [-0.1, -0.05) is 13.8 Å². The number of carbonyl (C=O) groups excluding carboxylic acids is 2. The fourth-order valence-electron chi connectivity index (χ4n) is 2.91. The van der Waals surface area contributed by atoms with Gasteiger partial charge in [0.05, 0.1) is 6.20 Å². The van der Waals surface area contributed by atoms with Crippen LogP contribution in [0.3, 0.4) is 0 Å². The molecule has 2 amide bonds. The highest BCUT2D eigenvalue weighted by atomic mass is 16.6. The van der Waals surface area contributed by atoms with Crippen molar-refractivity contribution in [2.24, 2.45) is 5.92 Å². The first-order chi connectivity index (χ1) is 14.5. The number of rotatable bonds is 5. The molecule has 2 heterocycles. The van der Waals surface area contributed by atoms with Gasteiger partial charge in [-0.05, 0) is 36.4 Å². The fraction of sp³-hybridized carbons (Fsp3) is 0.227. The Morgan fingerprint density at radius 1 is 1.00 bits per heavy atom. The Morgan fingerprint density at radius 2 is 1.73 bits per heavy atom. The molecule has 154 valence electrons. The number of nitrogens with zero attached hydrogens (tertiary/aromatic N) is 2. The van der Waals surface area contributed by atoms with E-state index < -0.39 is 0 Å². The van der Waals surface area contributed by atoms with E-state index in [2.05, 4.69) is 15.6 Å². The number of ether oxygens (including phenoxy) is 2. The first-order valence-electron chi connectivity index (χ1n) is 9.66. The Labute approximate surface area is 173 Å². The van der Waals surface area contributed by atoms with Crippen LogP contribution in [-0.2, 0) is 4.79 Å². The van der Waals surface area contributed by atoms with Crippen molar-refractivity contribution >= 4 is 23.3 Å². The largest absolute Gasteiger partial charge is 0.486 e. The van der Waals surface area contributed by atoms with Gasteiger partial charge in [0.2, 0.25) is 5.91 Å². The van der Waals surface area contributed by atoms with E-state index >= 15 is 0 Å². The van der Waals surface area contributed by atoms with E-state index in [4.69, 9.17) is 9.47 Å². The van der Waals surface area contributed by atoms with E-state index in [0.717, 1.165) is 5.69 Å². The summed E-state index contributed by atoms with van der Waals surface area (Å²) in [6.45, 7) is 4.65. The van der Waals surface area contributed by atoms with E-state index in [-0.39, 0.29) is 17.7 Å². The topological polar surface area (TPSA) is 94.5 Å². The van der Waals surface area contributed by atoms with E-state index in [1.54, 1.807) is 47.4 Å². The number of fused-ring (bicyclic) bond motifs is 1. The van der Waals surface area contributed by atoms with Crippen molar-refractivity contribution in [2.45, 2.75) is 13.8 Å². The number of hydrogen-bond acceptors (Lipinski definition) is 5. The molecule has 0 unspecified atom stereocenters. The second-order valence-corrected chi connectivity index (χ2v) is 7.17. The number of aromatic nitrogens is 2. The van der Waals surface area contributed by atoms with Crippen LogP contribution >= 0.6 is 0 Å². The number of hydrogen-bond donors (Lipinski definition) is 2. The van der Waals surface area contributed by atoms with Crippen molar-refractivity contribution in [3.8, 4) is 17.2 Å². The summed E-state index contributed by atoms with van der Waals surface area (Å²) in [7, 11) is 0. The second kappa shape index (κ2) is 8.28. The summed E-state index contributed by atoms with van der Waals surface area (Å²) in [5, 5.41) is 5.62. The average Bonchev–Trinajstić information content (AvgIpc) is 3.22. The zero-order valence-electron chi connectivity index (χ0n) is 16.7. The molecule has 0 saturated heterocycles. The van der Waals surface area contributed by atoms with Gasteiger partial charge in [0.15, 0.2) is 17.3 Å². The van der Waals surface area contributed by atoms with Crippen molar-refractivity contribution in [3.63, 3.8) is 0 Å². The molecule has 8 nitrogen and oxygen atoms in total. The molecule has 0 saturated carbocycles. The Hall–Kier alpha value is -3.81. The molecule has 2 N–H and O–H groups in total. The zero-order valence-corrected chi connectivity index (χ0v) is 16.7. The number of benzene rings is 2. The van der Waals surface area contributed by atoms with Crippen LogP contribution in [0.15, 0.2) is 55.0 Å². The maximum absolute atomic E-state index is 12.6. The minimum atomic E-state index is -0.228. The van der Waals surface area contributed by atoms with Gasteiger partial charge < -0.3 is 24.7 Å². The molecule has 0 fully saturated rings. The van der Waals surface area contributed by atoms with Crippen molar-refractivity contribution in [3.05, 3.63) is 60.6 Å². The molecule has 4 rings (SSSR count). The van der Waals surface area contributed by atoms with Crippen molar-refractivity contribution in [1.29, 1.82) is 0 Å². The highest BCUT2D eigenvalue weighted by Gasteiger charge is 2.14. The van der Waals surface area contributed by atoms with Gasteiger partial charge in [-0.3, -0.25) is 9.59 Å². The summed E-state index contributed by atoms with van der Waals surface area (Å²) in [4.78, 5) is 28.5. The van der Waals surface area contributed by atoms with E-state index in [1.807, 2.05) is 26.0 Å². The van der Waals surface area contributed by atoms with Crippen LogP contribution in [-0.4, -0.2) is 34.6 Å². The van der Waals surface area contributed by atoms with Gasteiger partial charge in [0.25, 0.3) is 5.91 Å². The smallest absolute Gasteiger partial charge is 0.255 e. The maximum atomic E-state index is 12.6. The molecule has 8 heteroatoms. The van der Waals surface area contributed by atoms with Crippen LogP contribution in [0.4, 0.5) is 11.5 Å². The molecule has 0 atom stereocenters. The number of amides is 2. The van der Waals surface area contributed by atoms with Gasteiger partial charge in [0, 0.05) is 28.9 Å². The quantitative estimate of drug-likeness (QED) is 0.676. The Kier molecular flexibility index (Phi) is 5.38. The fourth-order valence-corrected chi connectivity index (χ4v) is 2.91. The molecule has 3 aromatic rings. The van der Waals surface area contributed by atoms with Crippen LogP contribution in [0.1, 0.15) is 24.2 Å². The van der Waals surface area contributed by atoms with E-state index in [9.17, 15) is 9.59 Å². The lowest BCUT2D eigenvalue weighted by Gasteiger charge is -2.19. The van der Waals surface area contributed by atoms with Crippen LogP contribution in [0.5, 0.6) is 11.5 Å². The lowest BCUT2D eigenvalue weighted by Crippen LogP contribution is -2.17. The molecule has 1 aliphatic heterocycles. The molecule has 0 spiro atoms. The molecule has 0 aliphatic carbocycles. The van der Waals surface area contributed by atoms with Gasteiger partial charge in [-0.2, -0.15) is 0 Å². The van der Waals surface area contributed by atoms with Gasteiger partial charge in [-0.25, -0.2) is 4.98 Å². The van der Waals surface area contributed by atoms with Gasteiger partial charge in [0.1, 0.15) is 19.5 Å². The summed E-state index contributed by atoms with van der Waals surface area (Å²) in [5.41, 5.74) is 1.97.